The maximum Gasteiger partial charge on any atom is 0.250 e. The van der Waals surface area contributed by atoms with Crippen LogP contribution in [0.5, 0.6) is 5.75 Å². The fraction of sp³-hybridized carbons (Fsp3) is 0.250. The van der Waals surface area contributed by atoms with Gasteiger partial charge in [0.25, 0.3) is 5.91 Å². The monoisotopic (exact) mass is 306 g/mol. The zero-order valence-corrected chi connectivity index (χ0v) is 12.4. The van der Waals surface area contributed by atoms with Crippen LogP contribution in [0.25, 0.3) is 0 Å². The molecule has 0 fully saturated rings. The van der Waals surface area contributed by atoms with Crippen LogP contribution in [0.15, 0.2) is 34.5 Å². The van der Waals surface area contributed by atoms with Crippen molar-refractivity contribution in [3.63, 3.8) is 0 Å². The number of hydrogen-bond donors (Lipinski definition) is 1. The van der Waals surface area contributed by atoms with Crippen LogP contribution in [0.2, 0.25) is 0 Å². The molecule has 1 N–H and O–H groups in total. The van der Waals surface area contributed by atoms with Gasteiger partial charge in [-0.3, -0.25) is 4.79 Å². The fourth-order valence-electron chi connectivity index (χ4n) is 1.41. The predicted molar refractivity (Wildman–Crippen MR) is 78.3 cm³/mol. The second-order valence-electron chi connectivity index (χ2n) is 3.94. The highest BCUT2D eigenvalue weighted by atomic mass is 32.2. The number of aromatic nitrogens is 4. The molecule has 0 bridgehead atoms. The largest absolute Gasteiger partial charge is 0.497 e. The lowest BCUT2D eigenvalue weighted by atomic mass is 10.2. The number of methoxy groups -OCH3 is 1. The zero-order chi connectivity index (χ0) is 15.1. The van der Waals surface area contributed by atoms with Gasteiger partial charge in [0.1, 0.15) is 5.75 Å². The first-order valence-corrected chi connectivity index (χ1v) is 6.98. The molecule has 9 heteroatoms. The number of rotatable bonds is 6. The summed E-state index contributed by atoms with van der Waals surface area (Å²) in [5, 5.41) is 15.4. The molecule has 1 heterocycles. The lowest BCUT2D eigenvalue weighted by Crippen LogP contribution is -2.19. The Hall–Kier alpha value is -2.42. The maximum absolute atomic E-state index is 11.6. The van der Waals surface area contributed by atoms with E-state index >= 15 is 0 Å². The molecule has 1 amide bonds. The molecule has 1 aromatic heterocycles. The fourth-order valence-corrected chi connectivity index (χ4v) is 2.05. The third kappa shape index (κ3) is 4.56. The molecular weight excluding hydrogens is 292 g/mol. The molecule has 0 unspecified atom stereocenters. The van der Waals surface area contributed by atoms with E-state index < -0.39 is 0 Å². The third-order valence-corrected chi connectivity index (χ3v) is 3.42. The van der Waals surface area contributed by atoms with Crippen molar-refractivity contribution in [1.82, 2.24) is 25.6 Å². The zero-order valence-electron chi connectivity index (χ0n) is 11.6. The third-order valence-electron chi connectivity index (χ3n) is 2.41. The van der Waals surface area contributed by atoms with Gasteiger partial charge in [0.15, 0.2) is 0 Å². The van der Waals surface area contributed by atoms with Crippen molar-refractivity contribution in [2.75, 3.05) is 12.9 Å². The Bertz CT molecular complexity index is 642. The van der Waals surface area contributed by atoms with E-state index in [1.165, 1.54) is 16.4 Å². The molecule has 0 spiro atoms. The van der Waals surface area contributed by atoms with Gasteiger partial charge in [0, 0.05) is 7.05 Å². The first-order chi connectivity index (χ1) is 10.2. The Kier molecular flexibility index (Phi) is 5.27. The summed E-state index contributed by atoms with van der Waals surface area (Å²) in [5.41, 5.74) is 3.27. The number of tetrazole rings is 1. The van der Waals surface area contributed by atoms with Crippen LogP contribution < -0.4 is 10.2 Å². The highest BCUT2D eigenvalue weighted by Gasteiger charge is 2.06. The molecule has 0 aliphatic rings. The predicted octanol–water partition coefficient (Wildman–Crippen LogP) is 0.461. The van der Waals surface area contributed by atoms with Gasteiger partial charge >= 0.3 is 0 Å². The van der Waals surface area contributed by atoms with E-state index in [1.807, 2.05) is 24.3 Å². The molecule has 0 aliphatic heterocycles. The average molecular weight is 306 g/mol. The molecule has 110 valence electrons. The van der Waals surface area contributed by atoms with Crippen molar-refractivity contribution in [1.29, 1.82) is 0 Å². The quantitative estimate of drug-likeness (QED) is 0.473. The number of hydrogen-bond acceptors (Lipinski definition) is 7. The molecule has 2 aromatic rings. The normalized spacial score (nSPS) is 10.8. The number of thioether (sulfide) groups is 1. The van der Waals surface area contributed by atoms with Crippen LogP contribution in [0.3, 0.4) is 0 Å². The molecule has 21 heavy (non-hydrogen) atoms. The van der Waals surface area contributed by atoms with Crippen molar-refractivity contribution < 1.29 is 9.53 Å². The van der Waals surface area contributed by atoms with E-state index in [-0.39, 0.29) is 11.7 Å². The van der Waals surface area contributed by atoms with E-state index in [1.54, 1.807) is 20.4 Å². The van der Waals surface area contributed by atoms with E-state index in [9.17, 15) is 4.79 Å². The summed E-state index contributed by atoms with van der Waals surface area (Å²) in [7, 11) is 3.30. The Balaban J connectivity index is 1.80. The molecule has 2 rings (SSSR count). The summed E-state index contributed by atoms with van der Waals surface area (Å²) in [6.07, 6.45) is 1.55. The highest BCUT2D eigenvalue weighted by molar-refractivity contribution is 7.99. The van der Waals surface area contributed by atoms with Crippen LogP contribution in [0, 0.1) is 0 Å². The van der Waals surface area contributed by atoms with E-state index in [2.05, 4.69) is 26.1 Å². The minimum Gasteiger partial charge on any atom is -0.497 e. The smallest absolute Gasteiger partial charge is 0.250 e. The number of nitrogens with zero attached hydrogens (tertiary/aromatic N) is 5. The SMILES string of the molecule is COc1cccc(/C=N/NC(=O)CSc2nnnn2C)c1. The summed E-state index contributed by atoms with van der Waals surface area (Å²) < 4.78 is 6.60. The van der Waals surface area contributed by atoms with Gasteiger partial charge in [0.05, 0.1) is 19.1 Å². The number of aryl methyl sites for hydroxylation is 1. The van der Waals surface area contributed by atoms with Gasteiger partial charge in [-0.2, -0.15) is 5.10 Å². The van der Waals surface area contributed by atoms with E-state index in [0.717, 1.165) is 11.3 Å². The number of benzene rings is 1. The van der Waals surface area contributed by atoms with Gasteiger partial charge in [0.2, 0.25) is 5.16 Å². The van der Waals surface area contributed by atoms with Gasteiger partial charge in [-0.25, -0.2) is 10.1 Å². The van der Waals surface area contributed by atoms with Gasteiger partial charge < -0.3 is 4.74 Å². The average Bonchev–Trinajstić information content (AvgIpc) is 2.91. The standard InChI is InChI=1S/C12H14N6O2S/c1-18-12(15-16-17-18)21-8-11(19)14-13-7-9-4-3-5-10(6-9)20-2/h3-7H,8H2,1-2H3,(H,14,19)/b13-7+. The van der Waals surface area contributed by atoms with E-state index in [0.29, 0.717) is 5.16 Å². The van der Waals surface area contributed by atoms with Crippen LogP contribution in [0.4, 0.5) is 0 Å². The van der Waals surface area contributed by atoms with Gasteiger partial charge in [-0.05, 0) is 28.1 Å². The number of carbonyl (C=O) groups is 1. The molecule has 8 nitrogen and oxygen atoms in total. The van der Waals surface area contributed by atoms with Crippen molar-refractivity contribution in [3.05, 3.63) is 29.8 Å². The first-order valence-electron chi connectivity index (χ1n) is 6.00. The second-order valence-corrected chi connectivity index (χ2v) is 4.89. The Morgan fingerprint density at radius 2 is 2.43 bits per heavy atom. The van der Waals surface area contributed by atoms with Crippen LogP contribution in [0.1, 0.15) is 5.56 Å². The maximum atomic E-state index is 11.6. The lowest BCUT2D eigenvalue weighted by Gasteiger charge is -2.00. The van der Waals surface area contributed by atoms with E-state index in [4.69, 9.17) is 4.74 Å². The number of amides is 1. The minimum absolute atomic E-state index is 0.184. The number of hydrazone groups is 1. The van der Waals surface area contributed by atoms with Crippen molar-refractivity contribution in [3.8, 4) is 5.75 Å². The molecule has 0 radical (unpaired) electrons. The second kappa shape index (κ2) is 7.39. The molecule has 0 saturated carbocycles. The summed E-state index contributed by atoms with van der Waals surface area (Å²) in [5.74, 6) is 0.682. The van der Waals surface area contributed by atoms with Gasteiger partial charge in [-0.15, -0.1) is 5.10 Å². The first kappa shape index (κ1) is 15.0. The van der Waals surface area contributed by atoms with Crippen LogP contribution >= 0.6 is 11.8 Å². The lowest BCUT2D eigenvalue weighted by molar-refractivity contribution is -0.118. The van der Waals surface area contributed by atoms with Crippen LogP contribution in [-0.2, 0) is 11.8 Å². The van der Waals surface area contributed by atoms with Crippen LogP contribution in [-0.4, -0.2) is 45.2 Å². The summed E-state index contributed by atoms with van der Waals surface area (Å²) in [6.45, 7) is 0. The molecular formula is C12H14N6O2S. The Labute approximate surface area is 125 Å². The number of carbonyl (C=O) groups excluding carboxylic acids is 1. The molecule has 1 aromatic carbocycles. The van der Waals surface area contributed by atoms with Crippen molar-refractivity contribution in [2.24, 2.45) is 12.1 Å². The summed E-state index contributed by atoms with van der Waals surface area (Å²) >= 11 is 1.24. The minimum atomic E-state index is -0.234. The molecule has 0 atom stereocenters. The van der Waals surface area contributed by atoms with Gasteiger partial charge in [-0.1, -0.05) is 23.9 Å². The van der Waals surface area contributed by atoms with Crippen molar-refractivity contribution in [2.45, 2.75) is 5.16 Å². The number of nitrogens with one attached hydrogen (secondary N) is 1. The Morgan fingerprint density at radius 1 is 1.57 bits per heavy atom. The topological polar surface area (TPSA) is 94.3 Å². The molecule has 0 aliphatic carbocycles. The Morgan fingerprint density at radius 3 is 3.14 bits per heavy atom. The number of ether oxygens (including phenoxy) is 1. The summed E-state index contributed by atoms with van der Waals surface area (Å²) in [4.78, 5) is 11.6. The highest BCUT2D eigenvalue weighted by Crippen LogP contribution is 2.12. The van der Waals surface area contributed by atoms with Crippen molar-refractivity contribution >= 4 is 23.9 Å². The molecule has 0 saturated heterocycles. The summed E-state index contributed by atoms with van der Waals surface area (Å²) in [6, 6.07) is 7.36.